The molecule has 0 bridgehead atoms. The minimum absolute atomic E-state index is 0.0336. The summed E-state index contributed by atoms with van der Waals surface area (Å²) in [6.45, 7) is -0.262. The van der Waals surface area contributed by atoms with Gasteiger partial charge in [-0.15, -0.1) is 0 Å². The Labute approximate surface area is 206 Å². The van der Waals surface area contributed by atoms with Gasteiger partial charge in [-0.1, -0.05) is 6.07 Å². The lowest BCUT2D eigenvalue weighted by atomic mass is 9.90. The lowest BCUT2D eigenvalue weighted by Gasteiger charge is -2.18. The summed E-state index contributed by atoms with van der Waals surface area (Å²) in [7, 11) is 2.87. The largest absolute Gasteiger partial charge is 0.504 e. The molecule has 0 aromatic heterocycles. The highest BCUT2D eigenvalue weighted by molar-refractivity contribution is 5.94. The van der Waals surface area contributed by atoms with Crippen molar-refractivity contribution in [1.29, 1.82) is 0 Å². The van der Waals surface area contributed by atoms with Gasteiger partial charge in [0.1, 0.15) is 12.1 Å². The molecule has 0 saturated carbocycles. The Morgan fingerprint density at radius 3 is 2.44 bits per heavy atom. The molecule has 11 nitrogen and oxygen atoms in total. The summed E-state index contributed by atoms with van der Waals surface area (Å²) in [6.07, 6.45) is 1.32. The second-order valence-corrected chi connectivity index (χ2v) is 8.07. The number of carbonyl (C=O) groups excluding carboxylic acids is 1. The van der Waals surface area contributed by atoms with Crippen LogP contribution in [0.1, 0.15) is 41.6 Å². The number of aliphatic hydroxyl groups is 1. The summed E-state index contributed by atoms with van der Waals surface area (Å²) in [5.74, 6) is -2.69. The molecule has 0 aliphatic carbocycles. The number of carbonyl (C=O) groups is 3. The highest BCUT2D eigenvalue weighted by Gasteiger charge is 2.38. The maximum atomic E-state index is 12.3. The maximum absolute atomic E-state index is 12.3. The number of hydrogen-bond donors (Lipinski definition) is 5. The molecular formula is C25H27NO10. The molecule has 192 valence electrons. The summed E-state index contributed by atoms with van der Waals surface area (Å²) in [5.41, 5.74) is 1.84. The molecule has 1 amide bonds. The first-order chi connectivity index (χ1) is 17.2. The van der Waals surface area contributed by atoms with Gasteiger partial charge in [-0.25, -0.2) is 4.79 Å². The predicted molar refractivity (Wildman–Crippen MR) is 126 cm³/mol. The van der Waals surface area contributed by atoms with E-state index in [1.165, 1.54) is 26.4 Å². The lowest BCUT2D eigenvalue weighted by molar-refractivity contribution is -0.142. The van der Waals surface area contributed by atoms with Crippen molar-refractivity contribution in [3.05, 3.63) is 53.1 Å². The van der Waals surface area contributed by atoms with Gasteiger partial charge in [0.15, 0.2) is 23.0 Å². The monoisotopic (exact) mass is 501 g/mol. The van der Waals surface area contributed by atoms with Gasteiger partial charge in [0.05, 0.1) is 26.7 Å². The summed E-state index contributed by atoms with van der Waals surface area (Å²) < 4.78 is 16.8. The van der Waals surface area contributed by atoms with Gasteiger partial charge in [-0.05, 0) is 47.9 Å². The number of aliphatic carboxylic acids is 2. The van der Waals surface area contributed by atoms with Gasteiger partial charge < -0.3 is 40.0 Å². The van der Waals surface area contributed by atoms with Gasteiger partial charge in [0.2, 0.25) is 5.91 Å². The number of hydrogen-bond acceptors (Lipinski definition) is 8. The van der Waals surface area contributed by atoms with Crippen molar-refractivity contribution in [2.45, 2.75) is 30.9 Å². The van der Waals surface area contributed by atoms with E-state index in [9.17, 15) is 29.7 Å². The fourth-order valence-electron chi connectivity index (χ4n) is 3.95. The van der Waals surface area contributed by atoms with Crippen LogP contribution in [0.2, 0.25) is 0 Å². The Bertz CT molecular complexity index is 1180. The molecule has 0 fully saturated rings. The number of rotatable bonds is 11. The highest BCUT2D eigenvalue weighted by Crippen LogP contribution is 2.51. The van der Waals surface area contributed by atoms with Crippen LogP contribution in [0.25, 0.3) is 6.08 Å². The van der Waals surface area contributed by atoms with Gasteiger partial charge in [0.25, 0.3) is 0 Å². The number of fused-ring (bicyclic) bond motifs is 1. The number of methoxy groups -OCH3 is 2. The molecule has 5 N–H and O–H groups in total. The SMILES string of the molecule is COc1cc([C@@H]2Oc3c(OC)cc(C=CC(=O)N[C@@H](CCC(=O)O)C(=O)O)cc3[C@H]2CO)ccc1O. The third-order valence-corrected chi connectivity index (χ3v) is 5.75. The van der Waals surface area contributed by atoms with E-state index in [-0.39, 0.29) is 24.5 Å². The zero-order valence-corrected chi connectivity index (χ0v) is 19.6. The van der Waals surface area contributed by atoms with Crippen LogP contribution >= 0.6 is 0 Å². The van der Waals surface area contributed by atoms with E-state index < -0.39 is 42.3 Å². The first-order valence-electron chi connectivity index (χ1n) is 11.0. The fourth-order valence-corrected chi connectivity index (χ4v) is 3.95. The predicted octanol–water partition coefficient (Wildman–Crippen LogP) is 2.07. The third kappa shape index (κ3) is 5.87. The molecule has 11 heteroatoms. The number of phenols is 1. The second-order valence-electron chi connectivity index (χ2n) is 8.07. The Hall–Kier alpha value is -4.25. The standard InChI is InChI=1S/C25H27NO10/c1-34-19-11-14(4-6-18(19)28)23-16(12-27)15-9-13(10-20(35-2)24(15)36-23)3-7-21(29)26-17(25(32)33)5-8-22(30)31/h3-4,6-7,9-11,16-17,23,27-28H,5,8,12H2,1-2H3,(H,26,29)(H,30,31)(H,32,33)/t16-,17+,23+/m1/s1. The number of ether oxygens (including phenoxy) is 3. The van der Waals surface area contributed by atoms with Crippen molar-refractivity contribution >= 4 is 23.9 Å². The minimum atomic E-state index is -1.34. The number of nitrogens with one attached hydrogen (secondary N) is 1. The van der Waals surface area contributed by atoms with Crippen molar-refractivity contribution in [3.8, 4) is 23.0 Å². The van der Waals surface area contributed by atoms with E-state index in [0.29, 0.717) is 28.2 Å². The van der Waals surface area contributed by atoms with Gasteiger partial charge >= 0.3 is 11.9 Å². The van der Waals surface area contributed by atoms with Gasteiger partial charge in [-0.2, -0.15) is 0 Å². The molecular weight excluding hydrogens is 474 g/mol. The smallest absolute Gasteiger partial charge is 0.326 e. The van der Waals surface area contributed by atoms with E-state index in [2.05, 4.69) is 5.32 Å². The van der Waals surface area contributed by atoms with Crippen molar-refractivity contribution < 1.29 is 49.0 Å². The van der Waals surface area contributed by atoms with Crippen LogP contribution < -0.4 is 19.5 Å². The number of carboxylic acids is 2. The Morgan fingerprint density at radius 2 is 1.83 bits per heavy atom. The number of phenolic OH excluding ortho intramolecular Hbond substituents is 1. The molecule has 1 aliphatic rings. The molecule has 1 heterocycles. The number of aliphatic hydroxyl groups excluding tert-OH is 1. The van der Waals surface area contributed by atoms with Crippen LogP contribution in [0.15, 0.2) is 36.4 Å². The molecule has 0 unspecified atom stereocenters. The molecule has 3 atom stereocenters. The minimum Gasteiger partial charge on any atom is -0.504 e. The van der Waals surface area contributed by atoms with E-state index in [4.69, 9.17) is 19.3 Å². The molecule has 0 spiro atoms. The van der Waals surface area contributed by atoms with Crippen LogP contribution in [0.3, 0.4) is 0 Å². The summed E-state index contributed by atoms with van der Waals surface area (Å²) in [6, 6.07) is 6.76. The van der Waals surface area contributed by atoms with E-state index in [1.807, 2.05) is 0 Å². The molecule has 36 heavy (non-hydrogen) atoms. The number of amides is 1. The quantitative estimate of drug-likeness (QED) is 0.287. The van der Waals surface area contributed by atoms with Crippen molar-refractivity contribution in [2.24, 2.45) is 0 Å². The third-order valence-electron chi connectivity index (χ3n) is 5.75. The molecule has 2 aromatic rings. The maximum Gasteiger partial charge on any atom is 0.326 e. The molecule has 0 saturated heterocycles. The van der Waals surface area contributed by atoms with E-state index in [1.54, 1.807) is 24.3 Å². The van der Waals surface area contributed by atoms with E-state index in [0.717, 1.165) is 6.08 Å². The number of aromatic hydroxyl groups is 1. The van der Waals surface area contributed by atoms with Crippen LogP contribution in [-0.2, 0) is 14.4 Å². The molecule has 0 radical (unpaired) electrons. The van der Waals surface area contributed by atoms with Crippen LogP contribution in [0.5, 0.6) is 23.0 Å². The molecule has 1 aliphatic heterocycles. The average molecular weight is 501 g/mol. The van der Waals surface area contributed by atoms with Crippen molar-refractivity contribution in [1.82, 2.24) is 5.32 Å². The van der Waals surface area contributed by atoms with Crippen molar-refractivity contribution in [3.63, 3.8) is 0 Å². The fraction of sp³-hybridized carbons (Fsp3) is 0.320. The first-order valence-corrected chi connectivity index (χ1v) is 11.0. The van der Waals surface area contributed by atoms with Gasteiger partial charge in [0, 0.05) is 18.1 Å². The number of benzene rings is 2. The van der Waals surface area contributed by atoms with Crippen molar-refractivity contribution in [2.75, 3.05) is 20.8 Å². The van der Waals surface area contributed by atoms with Crippen LogP contribution in [0.4, 0.5) is 0 Å². The second kappa shape index (κ2) is 11.5. The van der Waals surface area contributed by atoms with Crippen LogP contribution in [-0.4, -0.2) is 65.1 Å². The molecule has 2 aromatic carbocycles. The normalized spacial score (nSPS) is 17.2. The van der Waals surface area contributed by atoms with E-state index >= 15 is 0 Å². The summed E-state index contributed by atoms with van der Waals surface area (Å²) in [5, 5.41) is 40.3. The summed E-state index contributed by atoms with van der Waals surface area (Å²) in [4.78, 5) is 34.3. The first kappa shape index (κ1) is 26.4. The lowest BCUT2D eigenvalue weighted by Crippen LogP contribution is -2.40. The highest BCUT2D eigenvalue weighted by atomic mass is 16.5. The molecule has 3 rings (SSSR count). The van der Waals surface area contributed by atoms with Gasteiger partial charge in [-0.3, -0.25) is 9.59 Å². The summed E-state index contributed by atoms with van der Waals surface area (Å²) >= 11 is 0. The zero-order chi connectivity index (χ0) is 26.4. The Morgan fingerprint density at radius 1 is 1.11 bits per heavy atom. The Kier molecular flexibility index (Phi) is 8.38. The average Bonchev–Trinajstić information content (AvgIpc) is 3.23. The van der Waals surface area contributed by atoms with Crippen LogP contribution in [0, 0.1) is 0 Å². The zero-order valence-electron chi connectivity index (χ0n) is 19.6. The number of carboxylic acid groups (broad SMARTS) is 2. The Balaban J connectivity index is 1.84. The topological polar surface area (TPSA) is 172 Å².